The van der Waals surface area contributed by atoms with Crippen LogP contribution < -0.4 is 5.32 Å². The van der Waals surface area contributed by atoms with Crippen LogP contribution in [-0.4, -0.2) is 53.5 Å². The summed E-state index contributed by atoms with van der Waals surface area (Å²) in [6.07, 6.45) is 7.19. The first-order chi connectivity index (χ1) is 10.8. The van der Waals surface area contributed by atoms with E-state index in [1.165, 1.54) is 6.42 Å². The molecule has 5 heteroatoms. The van der Waals surface area contributed by atoms with Gasteiger partial charge in [0.2, 0.25) is 0 Å². The first-order valence-electron chi connectivity index (χ1n) is 9.24. The van der Waals surface area contributed by atoms with E-state index in [2.05, 4.69) is 5.32 Å². The fourth-order valence-electron chi connectivity index (χ4n) is 3.55. The Kier molecular flexibility index (Phi) is 6.72. The maximum absolute atomic E-state index is 12.2. The number of nitrogens with zero attached hydrogens (tertiary/aromatic N) is 1. The number of rotatable bonds is 3. The third-order valence-electron chi connectivity index (χ3n) is 4.92. The van der Waals surface area contributed by atoms with Gasteiger partial charge in [-0.3, -0.25) is 0 Å². The summed E-state index contributed by atoms with van der Waals surface area (Å²) in [5, 5.41) is 13.7. The first-order valence-corrected chi connectivity index (χ1v) is 9.24. The highest BCUT2D eigenvalue weighted by Gasteiger charge is 2.27. The molecule has 2 fully saturated rings. The van der Waals surface area contributed by atoms with Crippen LogP contribution >= 0.6 is 0 Å². The number of carbonyl (C=O) groups excluding carboxylic acids is 1. The van der Waals surface area contributed by atoms with E-state index >= 15 is 0 Å². The standard InChI is InChI=1S/C18H34N2O3/c1-18(2,3)23-17(22)20-11-6-8-15(10-12-20)19-13-14-7-4-5-9-16(14)21/h14-16,19,21H,4-13H2,1-3H3. The van der Waals surface area contributed by atoms with Gasteiger partial charge in [-0.25, -0.2) is 4.79 Å². The van der Waals surface area contributed by atoms with Gasteiger partial charge in [-0.15, -0.1) is 0 Å². The van der Waals surface area contributed by atoms with Crippen molar-refractivity contribution < 1.29 is 14.6 Å². The number of likely N-dealkylation sites (tertiary alicyclic amines) is 1. The lowest BCUT2D eigenvalue weighted by molar-refractivity contribution is 0.0256. The van der Waals surface area contributed by atoms with E-state index in [1.54, 1.807) is 0 Å². The van der Waals surface area contributed by atoms with Gasteiger partial charge in [-0.1, -0.05) is 12.8 Å². The average molecular weight is 326 g/mol. The summed E-state index contributed by atoms with van der Waals surface area (Å²) in [6, 6.07) is 0.441. The summed E-state index contributed by atoms with van der Waals surface area (Å²) in [7, 11) is 0. The van der Waals surface area contributed by atoms with Crippen molar-refractivity contribution in [3.63, 3.8) is 0 Å². The fraction of sp³-hybridized carbons (Fsp3) is 0.944. The Hall–Kier alpha value is -0.810. The minimum atomic E-state index is -0.432. The van der Waals surface area contributed by atoms with Crippen molar-refractivity contribution in [3.8, 4) is 0 Å². The molecule has 3 unspecified atom stereocenters. The molecule has 2 N–H and O–H groups in total. The van der Waals surface area contributed by atoms with Crippen LogP contribution in [0, 0.1) is 5.92 Å². The maximum Gasteiger partial charge on any atom is 0.410 e. The SMILES string of the molecule is CC(C)(C)OC(=O)N1CCCC(NCC2CCCCC2O)CC1. The summed E-state index contributed by atoms with van der Waals surface area (Å²) < 4.78 is 5.47. The molecule has 1 aliphatic carbocycles. The average Bonchev–Trinajstić information content (AvgIpc) is 2.70. The molecule has 0 aromatic rings. The number of aliphatic hydroxyl groups excluding tert-OH is 1. The van der Waals surface area contributed by atoms with Crippen LogP contribution in [-0.2, 0) is 4.74 Å². The van der Waals surface area contributed by atoms with E-state index in [9.17, 15) is 9.90 Å². The van der Waals surface area contributed by atoms with Gasteiger partial charge in [0, 0.05) is 25.7 Å². The van der Waals surface area contributed by atoms with Crippen LogP contribution in [0.15, 0.2) is 0 Å². The van der Waals surface area contributed by atoms with Gasteiger partial charge < -0.3 is 20.1 Å². The Morgan fingerprint density at radius 3 is 2.57 bits per heavy atom. The molecular weight excluding hydrogens is 292 g/mol. The van der Waals surface area contributed by atoms with Crippen molar-refractivity contribution in [2.75, 3.05) is 19.6 Å². The molecule has 0 aromatic heterocycles. The predicted octanol–water partition coefficient (Wildman–Crippen LogP) is 2.92. The van der Waals surface area contributed by atoms with Crippen molar-refractivity contribution in [2.24, 2.45) is 5.92 Å². The third-order valence-corrected chi connectivity index (χ3v) is 4.92. The Morgan fingerprint density at radius 1 is 1.13 bits per heavy atom. The van der Waals surface area contributed by atoms with Gasteiger partial charge in [0.1, 0.15) is 5.60 Å². The summed E-state index contributed by atoms with van der Waals surface area (Å²) in [5.41, 5.74) is -0.432. The highest BCUT2D eigenvalue weighted by Crippen LogP contribution is 2.24. The molecule has 0 radical (unpaired) electrons. The van der Waals surface area contributed by atoms with Gasteiger partial charge in [0.15, 0.2) is 0 Å². The minimum Gasteiger partial charge on any atom is -0.444 e. The van der Waals surface area contributed by atoms with Crippen molar-refractivity contribution in [1.29, 1.82) is 0 Å². The zero-order valence-corrected chi connectivity index (χ0v) is 15.0. The topological polar surface area (TPSA) is 61.8 Å². The molecule has 3 atom stereocenters. The molecule has 1 heterocycles. The molecule has 1 amide bonds. The molecule has 5 nitrogen and oxygen atoms in total. The van der Waals surface area contributed by atoms with E-state index in [4.69, 9.17) is 4.74 Å². The number of amides is 1. The lowest BCUT2D eigenvalue weighted by Gasteiger charge is -2.29. The Morgan fingerprint density at radius 2 is 1.87 bits per heavy atom. The van der Waals surface area contributed by atoms with Crippen molar-refractivity contribution in [3.05, 3.63) is 0 Å². The van der Waals surface area contributed by atoms with Crippen molar-refractivity contribution in [1.82, 2.24) is 10.2 Å². The second-order valence-corrected chi connectivity index (χ2v) is 8.12. The second kappa shape index (κ2) is 8.34. The number of hydrogen-bond acceptors (Lipinski definition) is 4. The zero-order valence-electron chi connectivity index (χ0n) is 15.0. The molecular formula is C18H34N2O3. The molecule has 0 aromatic carbocycles. The van der Waals surface area contributed by atoms with Crippen LogP contribution in [0.25, 0.3) is 0 Å². The first kappa shape index (κ1) is 18.5. The van der Waals surface area contributed by atoms with Crippen LogP contribution in [0.4, 0.5) is 4.79 Å². The fourth-order valence-corrected chi connectivity index (χ4v) is 3.55. The highest BCUT2D eigenvalue weighted by atomic mass is 16.6. The van der Waals surface area contributed by atoms with Gasteiger partial charge in [0.05, 0.1) is 6.10 Å². The molecule has 2 aliphatic rings. The Balaban J connectivity index is 1.74. The van der Waals surface area contributed by atoms with Gasteiger partial charge in [0.25, 0.3) is 0 Å². The van der Waals surface area contributed by atoms with E-state index in [1.807, 2.05) is 25.7 Å². The Labute approximate surface area is 140 Å². The van der Waals surface area contributed by atoms with E-state index in [-0.39, 0.29) is 12.2 Å². The molecule has 0 bridgehead atoms. The van der Waals surface area contributed by atoms with E-state index < -0.39 is 5.60 Å². The van der Waals surface area contributed by atoms with Crippen LogP contribution in [0.1, 0.15) is 65.7 Å². The zero-order chi connectivity index (χ0) is 16.9. The maximum atomic E-state index is 12.2. The molecule has 0 spiro atoms. The molecule has 1 saturated heterocycles. The monoisotopic (exact) mass is 326 g/mol. The van der Waals surface area contributed by atoms with Crippen LogP contribution in [0.3, 0.4) is 0 Å². The Bertz CT molecular complexity index is 381. The highest BCUT2D eigenvalue weighted by molar-refractivity contribution is 5.68. The minimum absolute atomic E-state index is 0.139. The second-order valence-electron chi connectivity index (χ2n) is 8.12. The van der Waals surface area contributed by atoms with Gasteiger partial charge in [-0.2, -0.15) is 0 Å². The molecule has 23 heavy (non-hydrogen) atoms. The summed E-state index contributed by atoms with van der Waals surface area (Å²) in [4.78, 5) is 14.0. The van der Waals surface area contributed by atoms with E-state index in [0.29, 0.717) is 12.0 Å². The number of nitrogens with one attached hydrogen (secondary N) is 1. The number of hydrogen-bond donors (Lipinski definition) is 2. The molecule has 2 rings (SSSR count). The van der Waals surface area contributed by atoms with Gasteiger partial charge in [-0.05, 0) is 58.8 Å². The number of aliphatic hydroxyl groups is 1. The van der Waals surface area contributed by atoms with E-state index in [0.717, 1.165) is 58.2 Å². The van der Waals surface area contributed by atoms with Crippen molar-refractivity contribution >= 4 is 6.09 Å². The van der Waals surface area contributed by atoms with Crippen LogP contribution in [0.2, 0.25) is 0 Å². The lowest BCUT2D eigenvalue weighted by atomic mass is 9.86. The summed E-state index contributed by atoms with van der Waals surface area (Å²) in [5.74, 6) is 0.397. The van der Waals surface area contributed by atoms with Gasteiger partial charge >= 0.3 is 6.09 Å². The summed E-state index contributed by atoms with van der Waals surface area (Å²) >= 11 is 0. The smallest absolute Gasteiger partial charge is 0.410 e. The largest absolute Gasteiger partial charge is 0.444 e. The quantitative estimate of drug-likeness (QED) is 0.837. The molecule has 134 valence electrons. The predicted molar refractivity (Wildman–Crippen MR) is 91.4 cm³/mol. The third kappa shape index (κ3) is 6.30. The normalized spacial score (nSPS) is 29.9. The summed E-state index contributed by atoms with van der Waals surface area (Å²) in [6.45, 7) is 8.14. The number of ether oxygens (including phenoxy) is 1. The number of carbonyl (C=O) groups is 1. The van der Waals surface area contributed by atoms with Crippen LogP contribution in [0.5, 0.6) is 0 Å². The molecule has 1 aliphatic heterocycles. The molecule has 1 saturated carbocycles. The van der Waals surface area contributed by atoms with Crippen molar-refractivity contribution in [2.45, 2.75) is 83.5 Å². The lowest BCUT2D eigenvalue weighted by Crippen LogP contribution is -2.40.